The molecule has 2 rings (SSSR count). The van der Waals surface area contributed by atoms with E-state index in [1.54, 1.807) is 12.3 Å². The quantitative estimate of drug-likeness (QED) is 0.588. The summed E-state index contributed by atoms with van der Waals surface area (Å²) in [6.45, 7) is 2.05. The molecule has 0 amide bonds. The van der Waals surface area contributed by atoms with E-state index in [-0.39, 0.29) is 11.2 Å². The van der Waals surface area contributed by atoms with Crippen LogP contribution in [0.5, 0.6) is 0 Å². The van der Waals surface area contributed by atoms with Gasteiger partial charge < -0.3 is 5.32 Å². The highest BCUT2D eigenvalue weighted by Crippen LogP contribution is 2.39. The maximum absolute atomic E-state index is 10.7. The summed E-state index contributed by atoms with van der Waals surface area (Å²) in [5.41, 5.74) is 0.650. The molecule has 1 saturated carbocycles. The van der Waals surface area contributed by atoms with Gasteiger partial charge in [-0.05, 0) is 25.8 Å². The van der Waals surface area contributed by atoms with Gasteiger partial charge >= 0.3 is 5.69 Å². The van der Waals surface area contributed by atoms with Crippen LogP contribution in [0.2, 0.25) is 0 Å². The van der Waals surface area contributed by atoms with Crippen LogP contribution in [-0.2, 0) is 0 Å². The highest BCUT2D eigenvalue weighted by molar-refractivity contribution is 5.61. The number of hydrogen-bond acceptors (Lipinski definition) is 4. The normalized spacial score (nSPS) is 17.5. The van der Waals surface area contributed by atoms with Gasteiger partial charge in [-0.1, -0.05) is 0 Å². The van der Waals surface area contributed by atoms with Crippen molar-refractivity contribution in [3.05, 3.63) is 28.6 Å². The molecular formula is C9H11N3O2. The van der Waals surface area contributed by atoms with E-state index in [9.17, 15) is 10.1 Å². The second kappa shape index (κ2) is 2.94. The zero-order valence-corrected chi connectivity index (χ0v) is 7.86. The average molecular weight is 193 g/mol. The molecule has 1 N–H and O–H groups in total. The first-order valence-electron chi connectivity index (χ1n) is 4.47. The molecule has 0 saturated heterocycles. The van der Waals surface area contributed by atoms with E-state index in [0.29, 0.717) is 5.69 Å². The van der Waals surface area contributed by atoms with Crippen LogP contribution in [0.3, 0.4) is 0 Å². The zero-order valence-electron chi connectivity index (χ0n) is 7.86. The van der Waals surface area contributed by atoms with Crippen LogP contribution in [-0.4, -0.2) is 15.4 Å². The van der Waals surface area contributed by atoms with Crippen molar-refractivity contribution in [3.63, 3.8) is 0 Å². The average Bonchev–Trinajstić information content (AvgIpc) is 2.84. The van der Waals surface area contributed by atoms with E-state index in [1.807, 2.05) is 0 Å². The van der Waals surface area contributed by atoms with Crippen molar-refractivity contribution in [1.82, 2.24) is 4.98 Å². The van der Waals surface area contributed by atoms with Gasteiger partial charge in [0.15, 0.2) is 0 Å². The van der Waals surface area contributed by atoms with Crippen molar-refractivity contribution in [2.24, 2.45) is 0 Å². The van der Waals surface area contributed by atoms with Gasteiger partial charge in [0.05, 0.1) is 4.92 Å². The SMILES string of the molecule is CC1(Nc2ccncc2[N+](=O)[O-])CC1. The first kappa shape index (κ1) is 8.93. The molecule has 0 aromatic carbocycles. The zero-order chi connectivity index (χ0) is 10.2. The van der Waals surface area contributed by atoms with Gasteiger partial charge in [0, 0.05) is 11.7 Å². The highest BCUT2D eigenvalue weighted by Gasteiger charge is 2.38. The van der Waals surface area contributed by atoms with Crippen molar-refractivity contribution >= 4 is 11.4 Å². The van der Waals surface area contributed by atoms with Crippen molar-refractivity contribution < 1.29 is 4.92 Å². The van der Waals surface area contributed by atoms with E-state index in [2.05, 4.69) is 17.2 Å². The molecule has 0 unspecified atom stereocenters. The fourth-order valence-electron chi connectivity index (χ4n) is 1.27. The Bertz CT molecular complexity index is 374. The van der Waals surface area contributed by atoms with E-state index in [4.69, 9.17) is 0 Å². The van der Waals surface area contributed by atoms with Gasteiger partial charge in [0.25, 0.3) is 0 Å². The third-order valence-corrected chi connectivity index (χ3v) is 2.43. The molecule has 0 bridgehead atoms. The molecule has 1 aliphatic rings. The van der Waals surface area contributed by atoms with Crippen molar-refractivity contribution in [3.8, 4) is 0 Å². The number of aromatic nitrogens is 1. The second-order valence-corrected chi connectivity index (χ2v) is 3.84. The molecule has 5 heteroatoms. The third-order valence-electron chi connectivity index (χ3n) is 2.43. The van der Waals surface area contributed by atoms with Gasteiger partial charge in [-0.3, -0.25) is 15.1 Å². The summed E-state index contributed by atoms with van der Waals surface area (Å²) >= 11 is 0. The minimum Gasteiger partial charge on any atom is -0.374 e. The van der Waals surface area contributed by atoms with Gasteiger partial charge in [-0.25, -0.2) is 0 Å². The number of pyridine rings is 1. The molecule has 5 nitrogen and oxygen atoms in total. The van der Waals surface area contributed by atoms with E-state index in [1.165, 1.54) is 6.20 Å². The summed E-state index contributed by atoms with van der Waals surface area (Å²) in [6, 6.07) is 1.64. The number of hydrogen-bond donors (Lipinski definition) is 1. The Morgan fingerprint density at radius 1 is 1.64 bits per heavy atom. The summed E-state index contributed by atoms with van der Waals surface area (Å²) in [5, 5.41) is 13.8. The molecule has 1 aromatic rings. The highest BCUT2D eigenvalue weighted by atomic mass is 16.6. The van der Waals surface area contributed by atoms with Crippen LogP contribution in [0.15, 0.2) is 18.5 Å². The Kier molecular flexibility index (Phi) is 1.87. The first-order valence-corrected chi connectivity index (χ1v) is 4.47. The van der Waals surface area contributed by atoms with Crippen LogP contribution in [0.1, 0.15) is 19.8 Å². The number of rotatable bonds is 3. The molecule has 1 fully saturated rings. The molecule has 0 atom stereocenters. The minimum absolute atomic E-state index is 0.0422. The van der Waals surface area contributed by atoms with Crippen LogP contribution in [0.4, 0.5) is 11.4 Å². The Balaban J connectivity index is 2.27. The Hall–Kier alpha value is -1.65. The topological polar surface area (TPSA) is 68.1 Å². The standard InChI is InChI=1S/C9H11N3O2/c1-9(3-4-9)11-7-2-5-10-6-8(7)12(13)14/h2,5-6H,3-4H2,1H3,(H,10,11). The number of nitrogens with zero attached hydrogens (tertiary/aromatic N) is 2. The molecule has 74 valence electrons. The maximum atomic E-state index is 10.7. The predicted molar refractivity (Wildman–Crippen MR) is 52.2 cm³/mol. The smallest absolute Gasteiger partial charge is 0.310 e. The third kappa shape index (κ3) is 1.66. The summed E-state index contributed by atoms with van der Waals surface area (Å²) in [5.74, 6) is 0. The van der Waals surface area contributed by atoms with Crippen LogP contribution in [0.25, 0.3) is 0 Å². The molecule has 14 heavy (non-hydrogen) atoms. The van der Waals surface area contributed by atoms with Crippen molar-refractivity contribution in [1.29, 1.82) is 0 Å². The molecule has 0 radical (unpaired) electrons. The first-order chi connectivity index (χ1) is 6.61. The van der Waals surface area contributed by atoms with Crippen molar-refractivity contribution in [2.45, 2.75) is 25.3 Å². The van der Waals surface area contributed by atoms with E-state index >= 15 is 0 Å². The monoisotopic (exact) mass is 193 g/mol. The Labute approximate surface area is 81.3 Å². The summed E-state index contributed by atoms with van der Waals surface area (Å²) in [7, 11) is 0. The Morgan fingerprint density at radius 2 is 2.36 bits per heavy atom. The van der Waals surface area contributed by atoms with Gasteiger partial charge in [0.2, 0.25) is 0 Å². The lowest BCUT2D eigenvalue weighted by Crippen LogP contribution is -2.16. The molecule has 1 heterocycles. The predicted octanol–water partition coefficient (Wildman–Crippen LogP) is 1.95. The molecule has 1 aromatic heterocycles. The van der Waals surface area contributed by atoms with Gasteiger partial charge in [-0.15, -0.1) is 0 Å². The number of anilines is 1. The molecule has 0 spiro atoms. The van der Waals surface area contributed by atoms with Crippen LogP contribution >= 0.6 is 0 Å². The lowest BCUT2D eigenvalue weighted by Gasteiger charge is -2.12. The van der Waals surface area contributed by atoms with E-state index in [0.717, 1.165) is 12.8 Å². The summed E-state index contributed by atoms with van der Waals surface area (Å²) in [4.78, 5) is 14.0. The summed E-state index contributed by atoms with van der Waals surface area (Å²) < 4.78 is 0. The minimum atomic E-state index is -0.416. The van der Waals surface area contributed by atoms with E-state index < -0.39 is 4.92 Å². The van der Waals surface area contributed by atoms with Crippen LogP contribution < -0.4 is 5.32 Å². The summed E-state index contributed by atoms with van der Waals surface area (Å²) in [6.07, 6.45) is 4.95. The number of nitro groups is 1. The van der Waals surface area contributed by atoms with Crippen LogP contribution in [0, 0.1) is 10.1 Å². The maximum Gasteiger partial charge on any atom is 0.310 e. The fraction of sp³-hybridized carbons (Fsp3) is 0.444. The fourth-order valence-corrected chi connectivity index (χ4v) is 1.27. The molecular weight excluding hydrogens is 182 g/mol. The lowest BCUT2D eigenvalue weighted by molar-refractivity contribution is -0.384. The largest absolute Gasteiger partial charge is 0.374 e. The second-order valence-electron chi connectivity index (χ2n) is 3.84. The Morgan fingerprint density at radius 3 is 2.93 bits per heavy atom. The molecule has 1 aliphatic carbocycles. The van der Waals surface area contributed by atoms with Crippen molar-refractivity contribution in [2.75, 3.05) is 5.32 Å². The lowest BCUT2D eigenvalue weighted by atomic mass is 10.2. The van der Waals surface area contributed by atoms with Gasteiger partial charge in [0.1, 0.15) is 11.9 Å². The van der Waals surface area contributed by atoms with Gasteiger partial charge in [-0.2, -0.15) is 0 Å². The number of nitrogens with one attached hydrogen (secondary N) is 1. The molecule has 0 aliphatic heterocycles.